The molecular formula is C14H11NO4S. The highest BCUT2D eigenvalue weighted by molar-refractivity contribution is 7.91. The predicted octanol–water partition coefficient (Wildman–Crippen LogP) is 2.09. The fraction of sp³-hybridized carbons (Fsp3) is 0.0714. The molecule has 1 aliphatic heterocycles. The van der Waals surface area contributed by atoms with E-state index in [1.165, 1.54) is 31.4 Å². The van der Waals surface area contributed by atoms with Gasteiger partial charge in [0.2, 0.25) is 9.84 Å². The van der Waals surface area contributed by atoms with Crippen LogP contribution in [-0.2, 0) is 9.84 Å². The number of hydrogen-bond acceptors (Lipinski definition) is 4. The van der Waals surface area contributed by atoms with Crippen LogP contribution in [0.3, 0.4) is 0 Å². The van der Waals surface area contributed by atoms with Crippen molar-refractivity contribution in [3.8, 4) is 5.75 Å². The number of hydrogen-bond donors (Lipinski definition) is 1. The highest BCUT2D eigenvalue weighted by Gasteiger charge is 2.31. The minimum absolute atomic E-state index is 0.00417. The molecule has 102 valence electrons. The van der Waals surface area contributed by atoms with Crippen LogP contribution in [0.2, 0.25) is 0 Å². The van der Waals surface area contributed by atoms with Crippen molar-refractivity contribution in [3.63, 3.8) is 0 Å². The van der Waals surface area contributed by atoms with Gasteiger partial charge >= 0.3 is 0 Å². The Labute approximate surface area is 116 Å². The lowest BCUT2D eigenvalue weighted by molar-refractivity contribution is 0.102. The van der Waals surface area contributed by atoms with Crippen molar-refractivity contribution in [2.75, 3.05) is 12.4 Å². The van der Waals surface area contributed by atoms with Crippen molar-refractivity contribution in [3.05, 3.63) is 48.0 Å². The Balaban J connectivity index is 2.37. The zero-order chi connectivity index (χ0) is 14.3. The number of ether oxygens (including phenoxy) is 1. The lowest BCUT2D eigenvalue weighted by Gasteiger charge is -2.08. The second-order valence-corrected chi connectivity index (χ2v) is 6.20. The van der Waals surface area contributed by atoms with Gasteiger partial charge in [-0.1, -0.05) is 12.1 Å². The van der Waals surface area contributed by atoms with E-state index in [4.69, 9.17) is 4.74 Å². The van der Waals surface area contributed by atoms with Gasteiger partial charge in [-0.3, -0.25) is 4.79 Å². The van der Waals surface area contributed by atoms with E-state index in [2.05, 4.69) is 5.32 Å². The molecule has 0 aliphatic carbocycles. The third-order valence-corrected chi connectivity index (χ3v) is 5.00. The second-order valence-electron chi connectivity index (χ2n) is 4.32. The van der Waals surface area contributed by atoms with Crippen molar-refractivity contribution in [2.24, 2.45) is 0 Å². The zero-order valence-corrected chi connectivity index (χ0v) is 11.4. The van der Waals surface area contributed by atoms with E-state index in [-0.39, 0.29) is 21.0 Å². The molecule has 0 bridgehead atoms. The van der Waals surface area contributed by atoms with Gasteiger partial charge < -0.3 is 10.1 Å². The zero-order valence-electron chi connectivity index (χ0n) is 10.6. The molecule has 1 heterocycles. The highest BCUT2D eigenvalue weighted by Crippen LogP contribution is 2.35. The summed E-state index contributed by atoms with van der Waals surface area (Å²) in [6.45, 7) is 0. The van der Waals surface area contributed by atoms with E-state index in [1.807, 2.05) is 0 Å². The second kappa shape index (κ2) is 4.35. The molecule has 0 unspecified atom stereocenters. The van der Waals surface area contributed by atoms with Crippen molar-refractivity contribution in [1.29, 1.82) is 0 Å². The maximum atomic E-state index is 12.7. The first-order valence-corrected chi connectivity index (χ1v) is 7.36. The van der Waals surface area contributed by atoms with E-state index in [1.54, 1.807) is 18.2 Å². The van der Waals surface area contributed by atoms with Crippen molar-refractivity contribution >= 4 is 21.4 Å². The molecule has 0 spiro atoms. The monoisotopic (exact) mass is 289 g/mol. The van der Waals surface area contributed by atoms with Crippen LogP contribution in [0, 0.1) is 0 Å². The van der Waals surface area contributed by atoms with Crippen molar-refractivity contribution in [1.82, 2.24) is 0 Å². The maximum Gasteiger partial charge on any atom is 0.257 e. The van der Waals surface area contributed by atoms with Gasteiger partial charge in [0, 0.05) is 6.07 Å². The molecule has 6 heteroatoms. The SMILES string of the molecule is COc1ccc2c(c1)S(=O)(=O)c1ccccc1C(=O)N2. The van der Waals surface area contributed by atoms with Gasteiger partial charge in [0.15, 0.2) is 0 Å². The Kier molecular flexibility index (Phi) is 2.76. The third-order valence-electron chi connectivity index (χ3n) is 3.15. The fourth-order valence-electron chi connectivity index (χ4n) is 2.15. The number of sulfone groups is 1. The minimum Gasteiger partial charge on any atom is -0.497 e. The molecule has 0 atom stereocenters. The Bertz CT molecular complexity index is 812. The number of nitrogens with one attached hydrogen (secondary N) is 1. The topological polar surface area (TPSA) is 72.5 Å². The van der Waals surface area contributed by atoms with Gasteiger partial charge in [0.05, 0.1) is 28.2 Å². The van der Waals surface area contributed by atoms with Crippen molar-refractivity contribution in [2.45, 2.75) is 9.79 Å². The summed E-state index contributed by atoms with van der Waals surface area (Å²) in [7, 11) is -2.31. The molecule has 2 aromatic carbocycles. The molecule has 2 aromatic rings. The first-order chi connectivity index (χ1) is 9.54. The minimum atomic E-state index is -3.77. The van der Waals surface area contributed by atoms with Gasteiger partial charge in [-0.2, -0.15) is 0 Å². The Morgan fingerprint density at radius 1 is 1.05 bits per heavy atom. The summed E-state index contributed by atoms with van der Waals surface area (Å²) in [5.74, 6) is -0.0194. The summed E-state index contributed by atoms with van der Waals surface area (Å²) in [4.78, 5) is 12.1. The van der Waals surface area contributed by atoms with E-state index in [9.17, 15) is 13.2 Å². The third kappa shape index (κ3) is 1.77. The Morgan fingerprint density at radius 2 is 1.80 bits per heavy atom. The summed E-state index contributed by atoms with van der Waals surface area (Å²) in [5.41, 5.74) is 0.398. The normalized spacial score (nSPS) is 15.6. The number of benzene rings is 2. The number of methoxy groups -OCH3 is 1. The molecule has 0 saturated carbocycles. The average molecular weight is 289 g/mol. The number of carbonyl (C=O) groups is 1. The summed E-state index contributed by atoms with van der Waals surface area (Å²) < 4.78 is 30.4. The molecule has 20 heavy (non-hydrogen) atoms. The van der Waals surface area contributed by atoms with Gasteiger partial charge in [-0.05, 0) is 24.3 Å². The average Bonchev–Trinajstić information content (AvgIpc) is 2.54. The van der Waals surface area contributed by atoms with Crippen LogP contribution in [0.15, 0.2) is 52.3 Å². The van der Waals surface area contributed by atoms with Crippen LogP contribution >= 0.6 is 0 Å². The smallest absolute Gasteiger partial charge is 0.257 e. The predicted molar refractivity (Wildman–Crippen MR) is 72.8 cm³/mol. The van der Waals surface area contributed by atoms with E-state index in [0.717, 1.165) is 0 Å². The number of fused-ring (bicyclic) bond motifs is 2. The van der Waals surface area contributed by atoms with Crippen LogP contribution in [0.1, 0.15) is 10.4 Å². The van der Waals surface area contributed by atoms with Crippen LogP contribution in [0.5, 0.6) is 5.75 Å². The summed E-state index contributed by atoms with van der Waals surface area (Å²) in [5, 5.41) is 2.61. The first-order valence-electron chi connectivity index (χ1n) is 5.87. The Morgan fingerprint density at radius 3 is 2.55 bits per heavy atom. The summed E-state index contributed by atoms with van der Waals surface area (Å²) in [6, 6.07) is 10.7. The molecule has 1 N–H and O–H groups in total. The molecule has 0 radical (unpaired) electrons. The quantitative estimate of drug-likeness (QED) is 0.872. The molecule has 1 amide bonds. The van der Waals surface area contributed by atoms with E-state index < -0.39 is 15.7 Å². The first kappa shape index (κ1) is 12.7. The van der Waals surface area contributed by atoms with Crippen LogP contribution in [-0.4, -0.2) is 21.4 Å². The summed E-state index contributed by atoms with van der Waals surface area (Å²) in [6.07, 6.45) is 0. The highest BCUT2D eigenvalue weighted by atomic mass is 32.2. The lowest BCUT2D eigenvalue weighted by Crippen LogP contribution is -2.11. The largest absolute Gasteiger partial charge is 0.497 e. The molecule has 5 nitrogen and oxygen atoms in total. The summed E-state index contributed by atoms with van der Waals surface area (Å²) >= 11 is 0. The molecule has 1 aliphatic rings. The molecule has 0 fully saturated rings. The molecular weight excluding hydrogens is 278 g/mol. The number of carbonyl (C=O) groups excluding carboxylic acids is 1. The van der Waals surface area contributed by atoms with E-state index in [0.29, 0.717) is 5.75 Å². The molecule has 0 saturated heterocycles. The van der Waals surface area contributed by atoms with Crippen LogP contribution in [0.4, 0.5) is 5.69 Å². The fourth-order valence-corrected chi connectivity index (χ4v) is 3.78. The molecule has 0 aromatic heterocycles. The Hall–Kier alpha value is -2.34. The van der Waals surface area contributed by atoms with Crippen LogP contribution in [0.25, 0.3) is 0 Å². The van der Waals surface area contributed by atoms with Gasteiger partial charge in [-0.15, -0.1) is 0 Å². The standard InChI is InChI=1S/C14H11NO4S/c1-19-9-6-7-11-13(8-9)20(17,18)12-5-3-2-4-10(12)14(16)15-11/h2-8H,1H3,(H,15,16). The maximum absolute atomic E-state index is 12.7. The number of amides is 1. The van der Waals surface area contributed by atoms with Gasteiger partial charge in [-0.25, -0.2) is 8.42 Å². The van der Waals surface area contributed by atoms with Crippen LogP contribution < -0.4 is 10.1 Å². The molecule has 3 rings (SSSR count). The van der Waals surface area contributed by atoms with Gasteiger partial charge in [0.25, 0.3) is 5.91 Å². The number of rotatable bonds is 1. The number of anilines is 1. The van der Waals surface area contributed by atoms with Crippen molar-refractivity contribution < 1.29 is 17.9 Å². The van der Waals surface area contributed by atoms with Gasteiger partial charge in [0.1, 0.15) is 5.75 Å². The lowest BCUT2D eigenvalue weighted by atomic mass is 10.2. The van der Waals surface area contributed by atoms with E-state index >= 15 is 0 Å².